The van der Waals surface area contributed by atoms with E-state index in [1.807, 2.05) is 11.4 Å². The molecule has 76 valence electrons. The molecule has 0 unspecified atom stereocenters. The van der Waals surface area contributed by atoms with Crippen LogP contribution in [0, 0.1) is 0 Å². The van der Waals surface area contributed by atoms with Crippen LogP contribution in [0.2, 0.25) is 5.02 Å². The smallest absolute Gasteiger partial charge is 0.151 e. The highest BCUT2D eigenvalue weighted by Crippen LogP contribution is 2.22. The van der Waals surface area contributed by atoms with Gasteiger partial charge in [-0.3, -0.25) is 4.79 Å². The fraction of sp³-hybridized carbons (Fsp3) is 0.333. The zero-order chi connectivity index (χ0) is 10.6. The van der Waals surface area contributed by atoms with Crippen molar-refractivity contribution in [1.29, 1.82) is 0 Å². The minimum absolute atomic E-state index is 0.388. The Morgan fingerprint density at radius 2 is 2.43 bits per heavy atom. The number of rotatable bonds is 4. The number of anilines is 1. The summed E-state index contributed by atoms with van der Waals surface area (Å²) in [5.41, 5.74) is 0.472. The predicted molar refractivity (Wildman–Crippen MR) is 61.2 cm³/mol. The molecule has 0 saturated heterocycles. The average Bonchev–Trinajstić information content (AvgIpc) is 2.19. The van der Waals surface area contributed by atoms with E-state index in [1.54, 1.807) is 18.0 Å². The normalized spacial score (nSPS) is 9.93. The lowest BCUT2D eigenvalue weighted by Crippen LogP contribution is -2.09. The number of carbonyl (C=O) groups is 1. The van der Waals surface area contributed by atoms with Crippen LogP contribution in [-0.2, 0) is 0 Å². The first-order valence-corrected chi connectivity index (χ1v) is 5.48. The Labute approximate surface area is 92.6 Å². The minimum Gasteiger partial charge on any atom is -0.304 e. The SMILES string of the molecule is CCSN(C)c1cc(C=O)c(Cl)cn1. The molecule has 0 atom stereocenters. The van der Waals surface area contributed by atoms with Crippen molar-refractivity contribution in [2.45, 2.75) is 6.92 Å². The highest BCUT2D eigenvalue weighted by Gasteiger charge is 2.06. The zero-order valence-corrected chi connectivity index (χ0v) is 9.60. The third kappa shape index (κ3) is 2.62. The highest BCUT2D eigenvalue weighted by molar-refractivity contribution is 8.00. The van der Waals surface area contributed by atoms with Crippen LogP contribution in [0.1, 0.15) is 17.3 Å². The number of hydrogen-bond acceptors (Lipinski definition) is 4. The molecule has 0 aliphatic heterocycles. The summed E-state index contributed by atoms with van der Waals surface area (Å²) in [4.78, 5) is 14.7. The molecule has 1 aromatic heterocycles. The second kappa shape index (κ2) is 5.22. The van der Waals surface area contributed by atoms with E-state index in [0.29, 0.717) is 10.6 Å². The number of aromatic nitrogens is 1. The van der Waals surface area contributed by atoms with Crippen LogP contribution in [0.5, 0.6) is 0 Å². The summed E-state index contributed by atoms with van der Waals surface area (Å²) in [5.74, 6) is 1.69. The number of aldehydes is 1. The van der Waals surface area contributed by atoms with Crippen LogP contribution in [-0.4, -0.2) is 24.1 Å². The van der Waals surface area contributed by atoms with Crippen molar-refractivity contribution in [3.8, 4) is 0 Å². The molecule has 3 nitrogen and oxygen atoms in total. The average molecular weight is 231 g/mol. The van der Waals surface area contributed by atoms with Gasteiger partial charge in [-0.1, -0.05) is 18.5 Å². The van der Waals surface area contributed by atoms with E-state index < -0.39 is 0 Å². The van der Waals surface area contributed by atoms with Crippen molar-refractivity contribution in [3.05, 3.63) is 22.8 Å². The van der Waals surface area contributed by atoms with Gasteiger partial charge in [0, 0.05) is 24.6 Å². The van der Waals surface area contributed by atoms with E-state index in [2.05, 4.69) is 11.9 Å². The quantitative estimate of drug-likeness (QED) is 0.588. The number of pyridine rings is 1. The van der Waals surface area contributed by atoms with E-state index in [9.17, 15) is 4.79 Å². The third-order valence-corrected chi connectivity index (χ3v) is 2.79. The lowest BCUT2D eigenvalue weighted by Gasteiger charge is -2.15. The third-order valence-electron chi connectivity index (χ3n) is 1.64. The first-order chi connectivity index (χ1) is 6.69. The summed E-state index contributed by atoms with van der Waals surface area (Å²) >= 11 is 7.38. The van der Waals surface area contributed by atoms with Crippen LogP contribution in [0.15, 0.2) is 12.3 Å². The fourth-order valence-corrected chi connectivity index (χ4v) is 1.73. The molecule has 0 aliphatic rings. The Kier molecular flexibility index (Phi) is 4.22. The van der Waals surface area contributed by atoms with E-state index in [1.165, 1.54) is 6.20 Å². The topological polar surface area (TPSA) is 33.2 Å². The molecular formula is C9H11ClN2OS. The summed E-state index contributed by atoms with van der Waals surface area (Å²) in [6, 6.07) is 1.68. The van der Waals surface area contributed by atoms with Gasteiger partial charge in [-0.15, -0.1) is 0 Å². The molecule has 0 amide bonds. The van der Waals surface area contributed by atoms with Crippen LogP contribution in [0.4, 0.5) is 5.82 Å². The van der Waals surface area contributed by atoms with E-state index in [4.69, 9.17) is 11.6 Å². The maximum Gasteiger partial charge on any atom is 0.151 e. The van der Waals surface area contributed by atoms with Gasteiger partial charge in [0.05, 0.1) is 5.02 Å². The molecule has 0 N–H and O–H groups in total. The molecule has 1 aromatic rings. The predicted octanol–water partition coefficient (Wildman–Crippen LogP) is 2.65. The van der Waals surface area contributed by atoms with Crippen molar-refractivity contribution in [2.75, 3.05) is 17.1 Å². The lowest BCUT2D eigenvalue weighted by molar-refractivity contribution is 0.112. The van der Waals surface area contributed by atoms with Crippen molar-refractivity contribution in [1.82, 2.24) is 4.98 Å². The van der Waals surface area contributed by atoms with Gasteiger partial charge in [0.25, 0.3) is 0 Å². The van der Waals surface area contributed by atoms with Gasteiger partial charge < -0.3 is 4.31 Å². The molecule has 1 rings (SSSR count). The molecule has 14 heavy (non-hydrogen) atoms. The molecule has 0 saturated carbocycles. The van der Waals surface area contributed by atoms with E-state index >= 15 is 0 Å². The largest absolute Gasteiger partial charge is 0.304 e. The molecular weight excluding hydrogens is 220 g/mol. The van der Waals surface area contributed by atoms with Crippen LogP contribution >= 0.6 is 23.5 Å². The monoisotopic (exact) mass is 230 g/mol. The van der Waals surface area contributed by atoms with Gasteiger partial charge in [-0.25, -0.2) is 4.98 Å². The first-order valence-electron chi connectivity index (χ1n) is 4.16. The van der Waals surface area contributed by atoms with Crippen LogP contribution in [0.3, 0.4) is 0 Å². The van der Waals surface area contributed by atoms with Gasteiger partial charge in [0.15, 0.2) is 6.29 Å². The summed E-state index contributed by atoms with van der Waals surface area (Å²) < 4.78 is 1.91. The van der Waals surface area contributed by atoms with Crippen molar-refractivity contribution < 1.29 is 4.79 Å². The Hall–Kier alpha value is -0.740. The van der Waals surface area contributed by atoms with E-state index in [0.717, 1.165) is 17.9 Å². The summed E-state index contributed by atoms with van der Waals surface area (Å²) in [5, 5.41) is 0.388. The second-order valence-corrected chi connectivity index (χ2v) is 4.39. The van der Waals surface area contributed by atoms with Gasteiger partial charge in [-0.05, 0) is 18.0 Å². The van der Waals surface area contributed by atoms with Crippen molar-refractivity contribution >= 4 is 35.7 Å². The van der Waals surface area contributed by atoms with Gasteiger partial charge in [0.2, 0.25) is 0 Å². The second-order valence-electron chi connectivity index (χ2n) is 2.60. The molecule has 0 aliphatic carbocycles. The zero-order valence-electron chi connectivity index (χ0n) is 8.03. The molecule has 0 spiro atoms. The maximum atomic E-state index is 10.6. The number of nitrogens with zero attached hydrogens (tertiary/aromatic N) is 2. The maximum absolute atomic E-state index is 10.6. The van der Waals surface area contributed by atoms with Gasteiger partial charge in [0.1, 0.15) is 5.82 Å². The summed E-state index contributed by atoms with van der Waals surface area (Å²) in [7, 11) is 1.90. The molecule has 0 fully saturated rings. The molecule has 0 aromatic carbocycles. The van der Waals surface area contributed by atoms with Crippen LogP contribution in [0.25, 0.3) is 0 Å². The number of hydrogen-bond donors (Lipinski definition) is 0. The minimum atomic E-state index is 0.388. The van der Waals surface area contributed by atoms with Crippen LogP contribution < -0.4 is 4.31 Å². The number of carbonyl (C=O) groups excluding carboxylic acids is 1. The van der Waals surface area contributed by atoms with Crippen molar-refractivity contribution in [3.63, 3.8) is 0 Å². The Morgan fingerprint density at radius 3 is 3.00 bits per heavy atom. The lowest BCUT2D eigenvalue weighted by atomic mass is 10.3. The fourth-order valence-electron chi connectivity index (χ4n) is 0.965. The van der Waals surface area contributed by atoms with Gasteiger partial charge >= 0.3 is 0 Å². The van der Waals surface area contributed by atoms with Gasteiger partial charge in [-0.2, -0.15) is 0 Å². The summed E-state index contributed by atoms with van der Waals surface area (Å²) in [6.07, 6.45) is 2.23. The first kappa shape index (κ1) is 11.3. The molecule has 0 bridgehead atoms. The molecule has 0 radical (unpaired) electrons. The Balaban J connectivity index is 2.94. The Morgan fingerprint density at radius 1 is 1.71 bits per heavy atom. The van der Waals surface area contributed by atoms with Crippen molar-refractivity contribution in [2.24, 2.45) is 0 Å². The van der Waals surface area contributed by atoms with E-state index in [-0.39, 0.29) is 0 Å². The summed E-state index contributed by atoms with van der Waals surface area (Å²) in [6.45, 7) is 2.05. The highest BCUT2D eigenvalue weighted by atomic mass is 35.5. The number of halogens is 1. The molecule has 1 heterocycles. The molecule has 5 heteroatoms. The Bertz CT molecular complexity index is 333. The standard InChI is InChI=1S/C9H11ClN2OS/c1-3-14-12(2)9-4-7(6-13)8(10)5-11-9/h4-6H,3H2,1-2H3.